The maximum absolute atomic E-state index is 6.00. The second-order valence-corrected chi connectivity index (χ2v) is 5.59. The number of aliphatic imine (C=N–C) groups is 1. The summed E-state index contributed by atoms with van der Waals surface area (Å²) in [4.78, 5) is 6.50. The van der Waals surface area contributed by atoms with E-state index >= 15 is 0 Å². The van der Waals surface area contributed by atoms with Crippen LogP contribution in [0.5, 0.6) is 0 Å². The van der Waals surface area contributed by atoms with Crippen LogP contribution in [0.25, 0.3) is 11.0 Å². The highest BCUT2D eigenvalue weighted by Gasteiger charge is 2.24. The summed E-state index contributed by atoms with van der Waals surface area (Å²) in [6, 6.07) is 8.51. The fourth-order valence-electron chi connectivity index (χ4n) is 2.53. The van der Waals surface area contributed by atoms with Crippen molar-refractivity contribution in [2.24, 2.45) is 10.7 Å². The van der Waals surface area contributed by atoms with Gasteiger partial charge in [0.1, 0.15) is 11.0 Å². The summed E-state index contributed by atoms with van der Waals surface area (Å²) in [6.07, 6.45) is 0. The Hall–Kier alpha value is -1.52. The van der Waals surface area contributed by atoms with Crippen LogP contribution in [0.4, 0.5) is 0 Å². The van der Waals surface area contributed by atoms with Crippen molar-refractivity contribution < 1.29 is 0 Å². The van der Waals surface area contributed by atoms with E-state index in [9.17, 15) is 0 Å². The number of hydrogen-bond acceptors (Lipinski definition) is 4. The Balaban J connectivity index is 2.65. The van der Waals surface area contributed by atoms with Gasteiger partial charge in [-0.05, 0) is 20.6 Å². The molecule has 0 aliphatic carbocycles. The molecule has 20 heavy (non-hydrogen) atoms. The van der Waals surface area contributed by atoms with Gasteiger partial charge in [0, 0.05) is 35.6 Å². The monoisotopic (exact) mass is 292 g/mol. The smallest absolute Gasteiger partial charge is 0.136 e. The molecule has 4 nitrogen and oxygen atoms in total. The highest BCUT2D eigenvalue weighted by molar-refractivity contribution is 6.44. The molecule has 0 bridgehead atoms. The summed E-state index contributed by atoms with van der Waals surface area (Å²) in [6.45, 7) is 9.86. The predicted molar refractivity (Wildman–Crippen MR) is 85.7 cm³/mol. The molecule has 1 aromatic rings. The second kappa shape index (κ2) is 6.29. The molecule has 0 aromatic heterocycles. The lowest BCUT2D eigenvalue weighted by Crippen LogP contribution is -2.54. The first-order valence-electron chi connectivity index (χ1n) is 6.76. The fourth-order valence-corrected chi connectivity index (χ4v) is 2.70. The van der Waals surface area contributed by atoms with Crippen LogP contribution in [0.1, 0.15) is 13.8 Å². The third-order valence-corrected chi connectivity index (χ3v) is 3.82. The van der Waals surface area contributed by atoms with Crippen molar-refractivity contribution in [1.29, 1.82) is 0 Å². The molecular formula is C15H21ClN4. The number of halogens is 1. The Morgan fingerprint density at radius 1 is 1.40 bits per heavy atom. The number of piperazine rings is 1. The molecular weight excluding hydrogens is 272 g/mol. The topological polar surface area (TPSA) is 53.6 Å². The quantitative estimate of drug-likeness (QED) is 0.613. The van der Waals surface area contributed by atoms with Crippen molar-refractivity contribution in [3.63, 3.8) is 0 Å². The van der Waals surface area contributed by atoms with Gasteiger partial charge in [-0.25, -0.2) is 4.99 Å². The van der Waals surface area contributed by atoms with Gasteiger partial charge < -0.3 is 16.0 Å². The van der Waals surface area contributed by atoms with Crippen molar-refractivity contribution in [2.75, 3.05) is 13.1 Å². The maximum Gasteiger partial charge on any atom is 0.136 e. The van der Waals surface area contributed by atoms with Crippen molar-refractivity contribution in [3.05, 3.63) is 34.7 Å². The molecule has 5 heteroatoms. The van der Waals surface area contributed by atoms with Crippen LogP contribution in [-0.4, -0.2) is 36.8 Å². The molecule has 2 atom stereocenters. The molecule has 0 radical (unpaired) electrons. The lowest BCUT2D eigenvalue weighted by molar-refractivity contribution is 0.217. The first-order chi connectivity index (χ1) is 9.54. The molecule has 1 aromatic carbocycles. The Bertz CT molecular complexity index is 607. The van der Waals surface area contributed by atoms with Gasteiger partial charge in [-0.3, -0.25) is 0 Å². The number of nitrogens with zero attached hydrogens (tertiary/aromatic N) is 2. The van der Waals surface area contributed by atoms with Crippen LogP contribution in [0.15, 0.2) is 29.3 Å². The lowest BCUT2D eigenvalue weighted by Gasteiger charge is -2.39. The average molecular weight is 293 g/mol. The van der Waals surface area contributed by atoms with Crippen LogP contribution in [0, 0.1) is 0 Å². The number of benzene rings is 1. The Morgan fingerprint density at radius 2 is 2.05 bits per heavy atom. The zero-order valence-electron chi connectivity index (χ0n) is 11.9. The summed E-state index contributed by atoms with van der Waals surface area (Å²) in [5, 5.41) is 5.46. The summed E-state index contributed by atoms with van der Waals surface area (Å²) >= 11 is 6.00. The molecule has 1 saturated heterocycles. The summed E-state index contributed by atoms with van der Waals surface area (Å²) in [5.74, 6) is 0.838. The van der Waals surface area contributed by atoms with E-state index in [-0.39, 0.29) is 5.16 Å². The van der Waals surface area contributed by atoms with E-state index in [0.717, 1.165) is 29.3 Å². The largest absolute Gasteiger partial charge is 0.389 e. The molecule has 1 fully saturated rings. The number of nitrogens with one attached hydrogen (secondary N) is 1. The van der Waals surface area contributed by atoms with Gasteiger partial charge in [0.05, 0.1) is 0 Å². The molecule has 108 valence electrons. The van der Waals surface area contributed by atoms with Crippen molar-refractivity contribution in [3.8, 4) is 0 Å². The van der Waals surface area contributed by atoms with Gasteiger partial charge in [-0.2, -0.15) is 0 Å². The highest BCUT2D eigenvalue weighted by atomic mass is 35.5. The molecule has 1 aliphatic heterocycles. The standard InChI is InChI=1S/C15H21ClN4/c1-10-9-20(11(2)8-19-10)15(18-3)13-7-5-4-6-12(13)14(16)17/h4-7,10-11,19H,3,8-9,17H2,1-2H3/b14-12-,15-13+/t10-,11-/m0/s1. The lowest BCUT2D eigenvalue weighted by atomic mass is 10.1. The van der Waals surface area contributed by atoms with E-state index in [4.69, 9.17) is 17.3 Å². The molecule has 0 unspecified atom stereocenters. The van der Waals surface area contributed by atoms with Crippen LogP contribution in [0.3, 0.4) is 0 Å². The third kappa shape index (κ3) is 2.97. The summed E-state index contributed by atoms with van der Waals surface area (Å²) in [7, 11) is 0. The molecule has 0 saturated carbocycles. The number of rotatable bonds is 2. The molecule has 3 N–H and O–H groups in total. The highest BCUT2D eigenvalue weighted by Crippen LogP contribution is 2.14. The SMILES string of the molecule is C=N/C(=c1/cccc/c1=C(/N)Cl)N1C[C@H](C)NC[C@@H]1C. The van der Waals surface area contributed by atoms with Crippen LogP contribution < -0.4 is 21.5 Å². The average Bonchev–Trinajstić information content (AvgIpc) is 2.44. The number of nitrogens with two attached hydrogens (primary N) is 1. The Kier molecular flexibility index (Phi) is 4.68. The minimum Gasteiger partial charge on any atom is -0.389 e. The molecule has 0 spiro atoms. The van der Waals surface area contributed by atoms with E-state index in [1.54, 1.807) is 0 Å². The second-order valence-electron chi connectivity index (χ2n) is 5.19. The molecule has 2 rings (SSSR count). The van der Waals surface area contributed by atoms with Crippen LogP contribution >= 0.6 is 11.6 Å². The minimum absolute atomic E-state index is 0.276. The minimum atomic E-state index is 0.276. The predicted octanol–water partition coefficient (Wildman–Crippen LogP) is 0.398. The van der Waals surface area contributed by atoms with Crippen molar-refractivity contribution in [1.82, 2.24) is 10.2 Å². The Labute approximate surface area is 124 Å². The van der Waals surface area contributed by atoms with Gasteiger partial charge in [0.2, 0.25) is 0 Å². The summed E-state index contributed by atoms with van der Waals surface area (Å²) < 4.78 is 0. The Morgan fingerprint density at radius 3 is 2.65 bits per heavy atom. The van der Waals surface area contributed by atoms with Gasteiger partial charge in [-0.15, -0.1) is 0 Å². The maximum atomic E-state index is 6.00. The van der Waals surface area contributed by atoms with E-state index in [0.29, 0.717) is 12.1 Å². The van der Waals surface area contributed by atoms with E-state index in [1.807, 2.05) is 24.3 Å². The van der Waals surface area contributed by atoms with Gasteiger partial charge in [0.15, 0.2) is 0 Å². The van der Waals surface area contributed by atoms with Crippen molar-refractivity contribution in [2.45, 2.75) is 25.9 Å². The molecule has 1 aliphatic rings. The fraction of sp³-hybridized carbons (Fsp3) is 0.400. The molecule has 1 heterocycles. The van der Waals surface area contributed by atoms with Gasteiger partial charge >= 0.3 is 0 Å². The zero-order chi connectivity index (χ0) is 14.7. The number of hydrogen-bond donors (Lipinski definition) is 2. The van der Waals surface area contributed by atoms with Crippen LogP contribution in [0.2, 0.25) is 0 Å². The van der Waals surface area contributed by atoms with Crippen molar-refractivity contribution >= 4 is 29.3 Å². The van der Waals surface area contributed by atoms with Crippen LogP contribution in [-0.2, 0) is 0 Å². The van der Waals surface area contributed by atoms with E-state index in [2.05, 4.69) is 35.8 Å². The first-order valence-corrected chi connectivity index (χ1v) is 7.13. The third-order valence-electron chi connectivity index (χ3n) is 3.61. The molecule has 0 amide bonds. The first kappa shape index (κ1) is 14.9. The summed E-state index contributed by atoms with van der Waals surface area (Å²) in [5.41, 5.74) is 5.77. The van der Waals surface area contributed by atoms with E-state index < -0.39 is 0 Å². The van der Waals surface area contributed by atoms with Gasteiger partial charge in [0.25, 0.3) is 0 Å². The van der Waals surface area contributed by atoms with E-state index in [1.165, 1.54) is 0 Å². The normalized spacial score (nSPS) is 26.1. The zero-order valence-corrected chi connectivity index (χ0v) is 12.7. The van der Waals surface area contributed by atoms with Gasteiger partial charge in [-0.1, -0.05) is 35.9 Å².